The number of aldehydes is 1. The van der Waals surface area contributed by atoms with Crippen molar-refractivity contribution >= 4 is 6.29 Å². The zero-order chi connectivity index (χ0) is 10.6. The van der Waals surface area contributed by atoms with Gasteiger partial charge in [-0.1, -0.05) is 12.2 Å². The lowest BCUT2D eigenvalue weighted by molar-refractivity contribution is 0.112. The van der Waals surface area contributed by atoms with E-state index < -0.39 is 0 Å². The van der Waals surface area contributed by atoms with E-state index in [2.05, 4.69) is 6.08 Å². The molecule has 3 rings (SSSR count). The van der Waals surface area contributed by atoms with E-state index in [1.807, 2.05) is 6.08 Å². The smallest absolute Gasteiger partial charge is 0.168 e. The van der Waals surface area contributed by atoms with Gasteiger partial charge in [0, 0.05) is 17.4 Å². The number of hydrogen-bond acceptors (Lipinski definition) is 3. The molecule has 1 aromatic rings. The van der Waals surface area contributed by atoms with Crippen LogP contribution in [0.3, 0.4) is 0 Å². The summed E-state index contributed by atoms with van der Waals surface area (Å²) in [6, 6.07) is 1.69. The predicted octanol–water partition coefficient (Wildman–Crippen LogP) is 2.05. The van der Waals surface area contributed by atoms with Crippen molar-refractivity contribution in [2.75, 3.05) is 0 Å². The zero-order valence-corrected chi connectivity index (χ0v) is 7.97. The van der Waals surface area contributed by atoms with Gasteiger partial charge in [-0.25, -0.2) is 0 Å². The zero-order valence-electron chi connectivity index (χ0n) is 7.97. The van der Waals surface area contributed by atoms with Crippen LogP contribution in [0.15, 0.2) is 18.2 Å². The summed E-state index contributed by atoms with van der Waals surface area (Å²) < 4.78 is 0. The first-order valence-electron chi connectivity index (χ1n) is 4.94. The van der Waals surface area contributed by atoms with E-state index in [1.54, 1.807) is 6.07 Å². The highest BCUT2D eigenvalue weighted by molar-refractivity contribution is 5.83. The second kappa shape index (κ2) is 2.63. The summed E-state index contributed by atoms with van der Waals surface area (Å²) in [4.78, 5) is 10.7. The molecule has 0 fully saturated rings. The molecule has 3 heteroatoms. The molecule has 0 amide bonds. The van der Waals surface area contributed by atoms with E-state index in [0.717, 1.165) is 17.5 Å². The fourth-order valence-corrected chi connectivity index (χ4v) is 2.64. The van der Waals surface area contributed by atoms with Crippen LogP contribution < -0.4 is 0 Å². The van der Waals surface area contributed by atoms with Crippen LogP contribution in [0.2, 0.25) is 0 Å². The number of phenolic OH excluding ortho intramolecular Hbond substituents is 2. The first-order valence-corrected chi connectivity index (χ1v) is 4.94. The standard InChI is InChI=1S/C12H10O3/c13-5-8-4-9-6-1-2-7(3-6)10(9)12(15)11(8)14/h1-2,4-7,14-15H,3H2. The molecule has 0 spiro atoms. The summed E-state index contributed by atoms with van der Waals surface area (Å²) in [5.74, 6) is 0.1000. The van der Waals surface area contributed by atoms with Crippen molar-refractivity contribution in [2.45, 2.75) is 18.3 Å². The molecule has 2 aliphatic carbocycles. The average molecular weight is 202 g/mol. The van der Waals surface area contributed by atoms with Crippen LogP contribution in [0.4, 0.5) is 0 Å². The van der Waals surface area contributed by atoms with Gasteiger partial charge in [0.05, 0.1) is 5.56 Å². The van der Waals surface area contributed by atoms with E-state index >= 15 is 0 Å². The first-order chi connectivity index (χ1) is 7.22. The highest BCUT2D eigenvalue weighted by Gasteiger charge is 2.36. The van der Waals surface area contributed by atoms with Gasteiger partial charge >= 0.3 is 0 Å². The van der Waals surface area contributed by atoms with Crippen molar-refractivity contribution in [1.29, 1.82) is 0 Å². The highest BCUT2D eigenvalue weighted by atomic mass is 16.3. The molecule has 0 aliphatic heterocycles. The Balaban J connectivity index is 2.31. The molecule has 0 saturated carbocycles. The average Bonchev–Trinajstić information content (AvgIpc) is 2.83. The molecule has 0 saturated heterocycles. The first kappa shape index (κ1) is 8.53. The van der Waals surface area contributed by atoms with Crippen molar-refractivity contribution in [1.82, 2.24) is 0 Å². The summed E-state index contributed by atoms with van der Waals surface area (Å²) in [5.41, 5.74) is 1.96. The van der Waals surface area contributed by atoms with E-state index in [4.69, 9.17) is 0 Å². The number of phenols is 2. The molecule has 2 aliphatic rings. The summed E-state index contributed by atoms with van der Waals surface area (Å²) in [5, 5.41) is 19.4. The van der Waals surface area contributed by atoms with Crippen LogP contribution in [-0.2, 0) is 0 Å². The molecule has 0 heterocycles. The summed E-state index contributed by atoms with van der Waals surface area (Å²) in [6.07, 6.45) is 5.67. The van der Waals surface area contributed by atoms with E-state index in [-0.39, 0.29) is 23.0 Å². The summed E-state index contributed by atoms with van der Waals surface area (Å²) in [6.45, 7) is 0. The van der Waals surface area contributed by atoms with Crippen LogP contribution in [0.25, 0.3) is 0 Å². The molecule has 76 valence electrons. The lowest BCUT2D eigenvalue weighted by Crippen LogP contribution is -1.96. The second-order valence-corrected chi connectivity index (χ2v) is 4.12. The van der Waals surface area contributed by atoms with Crippen LogP contribution in [-0.4, -0.2) is 16.5 Å². The van der Waals surface area contributed by atoms with Crippen molar-refractivity contribution < 1.29 is 15.0 Å². The number of carbonyl (C=O) groups is 1. The summed E-state index contributed by atoms with van der Waals surface area (Å²) in [7, 11) is 0. The lowest BCUT2D eigenvalue weighted by atomic mass is 9.93. The largest absolute Gasteiger partial charge is 0.504 e. The Bertz CT molecular complexity index is 488. The number of hydrogen-bond donors (Lipinski definition) is 2. The van der Waals surface area contributed by atoms with Gasteiger partial charge in [-0.15, -0.1) is 0 Å². The molecule has 2 N–H and O–H groups in total. The van der Waals surface area contributed by atoms with Crippen LogP contribution >= 0.6 is 0 Å². The van der Waals surface area contributed by atoms with Gasteiger partial charge in [0.1, 0.15) is 0 Å². The molecular formula is C12H10O3. The van der Waals surface area contributed by atoms with Gasteiger partial charge in [-0.05, 0) is 18.1 Å². The Hall–Kier alpha value is -1.77. The predicted molar refractivity (Wildman–Crippen MR) is 54.4 cm³/mol. The molecule has 1 aromatic carbocycles. The number of benzene rings is 1. The summed E-state index contributed by atoms with van der Waals surface area (Å²) >= 11 is 0. The number of aromatic hydroxyl groups is 2. The maximum atomic E-state index is 10.7. The van der Waals surface area contributed by atoms with Gasteiger partial charge in [-0.3, -0.25) is 4.79 Å². The van der Waals surface area contributed by atoms with Gasteiger partial charge in [0.15, 0.2) is 17.8 Å². The quantitative estimate of drug-likeness (QED) is 0.416. The number of rotatable bonds is 1. The topological polar surface area (TPSA) is 57.5 Å². The fraction of sp³-hybridized carbons (Fsp3) is 0.250. The molecule has 15 heavy (non-hydrogen) atoms. The maximum Gasteiger partial charge on any atom is 0.168 e. The van der Waals surface area contributed by atoms with Gasteiger partial charge < -0.3 is 10.2 Å². The van der Waals surface area contributed by atoms with E-state index in [0.29, 0.717) is 12.2 Å². The van der Waals surface area contributed by atoms with Crippen LogP contribution in [0.5, 0.6) is 11.5 Å². The molecule has 2 bridgehead atoms. The van der Waals surface area contributed by atoms with Crippen LogP contribution in [0, 0.1) is 0 Å². The molecule has 2 atom stereocenters. The van der Waals surface area contributed by atoms with Gasteiger partial charge in [0.25, 0.3) is 0 Å². The van der Waals surface area contributed by atoms with Crippen molar-refractivity contribution in [3.05, 3.63) is 34.9 Å². The number of allylic oxidation sites excluding steroid dienone is 2. The molecular weight excluding hydrogens is 192 g/mol. The van der Waals surface area contributed by atoms with Gasteiger partial charge in [-0.2, -0.15) is 0 Å². The van der Waals surface area contributed by atoms with Gasteiger partial charge in [0.2, 0.25) is 0 Å². The third kappa shape index (κ3) is 0.923. The Morgan fingerprint density at radius 2 is 1.93 bits per heavy atom. The molecule has 3 nitrogen and oxygen atoms in total. The number of fused-ring (bicyclic) bond motifs is 5. The lowest BCUT2D eigenvalue weighted by Gasteiger charge is -2.14. The Morgan fingerprint density at radius 1 is 1.20 bits per heavy atom. The Labute approximate surface area is 86.7 Å². The third-order valence-corrected chi connectivity index (χ3v) is 3.36. The Kier molecular flexibility index (Phi) is 1.49. The Morgan fingerprint density at radius 3 is 2.67 bits per heavy atom. The van der Waals surface area contributed by atoms with Crippen molar-refractivity contribution in [3.8, 4) is 11.5 Å². The highest BCUT2D eigenvalue weighted by Crippen LogP contribution is 2.54. The fourth-order valence-electron chi connectivity index (χ4n) is 2.64. The number of carbonyl (C=O) groups excluding carboxylic acids is 1. The van der Waals surface area contributed by atoms with Crippen LogP contribution in [0.1, 0.15) is 39.7 Å². The maximum absolute atomic E-state index is 10.7. The third-order valence-electron chi connectivity index (χ3n) is 3.36. The molecule has 2 unspecified atom stereocenters. The minimum atomic E-state index is -0.287. The normalized spacial score (nSPS) is 25.6. The minimum absolute atomic E-state index is 0.119. The molecule has 0 aromatic heterocycles. The van der Waals surface area contributed by atoms with E-state index in [9.17, 15) is 15.0 Å². The van der Waals surface area contributed by atoms with Crippen molar-refractivity contribution in [2.24, 2.45) is 0 Å². The SMILES string of the molecule is O=Cc1cc2c(c(O)c1O)C1C=CC2C1. The minimum Gasteiger partial charge on any atom is -0.504 e. The second-order valence-electron chi connectivity index (χ2n) is 4.12. The molecule has 0 radical (unpaired) electrons. The van der Waals surface area contributed by atoms with Crippen molar-refractivity contribution in [3.63, 3.8) is 0 Å². The van der Waals surface area contributed by atoms with E-state index in [1.165, 1.54) is 0 Å². The monoisotopic (exact) mass is 202 g/mol.